The standard InChI is InChI=1S/C24H27N3OS/c1-4-28-20-11-9-19(10-12-20)23-22-6-5-13-26(22)14-15-27(23)24(29)25-21-16-17(2)7-8-18(21)3/h5-13,16,23H,4,14-15H2,1-3H3,(H,25,29)/t23-/m1/s1. The first-order chi connectivity index (χ1) is 14.1. The van der Waals surface area contributed by atoms with Gasteiger partial charge in [-0.15, -0.1) is 0 Å². The second-order valence-corrected chi connectivity index (χ2v) is 7.86. The summed E-state index contributed by atoms with van der Waals surface area (Å²) in [5, 5.41) is 4.25. The van der Waals surface area contributed by atoms with Crippen molar-refractivity contribution in [1.82, 2.24) is 9.47 Å². The predicted octanol–water partition coefficient (Wildman–Crippen LogP) is 5.31. The van der Waals surface area contributed by atoms with Crippen LogP contribution in [0, 0.1) is 13.8 Å². The molecular weight excluding hydrogens is 378 g/mol. The molecule has 0 amide bonds. The van der Waals surface area contributed by atoms with E-state index in [-0.39, 0.29) is 6.04 Å². The lowest BCUT2D eigenvalue weighted by atomic mass is 10.00. The molecule has 2 aromatic carbocycles. The van der Waals surface area contributed by atoms with Crippen LogP contribution in [0.3, 0.4) is 0 Å². The van der Waals surface area contributed by atoms with Gasteiger partial charge < -0.3 is 19.5 Å². The predicted molar refractivity (Wildman–Crippen MR) is 123 cm³/mol. The van der Waals surface area contributed by atoms with Gasteiger partial charge in [0.05, 0.1) is 12.6 Å². The minimum absolute atomic E-state index is 0.0690. The van der Waals surface area contributed by atoms with Crippen LogP contribution in [-0.2, 0) is 6.54 Å². The van der Waals surface area contributed by atoms with Gasteiger partial charge in [-0.2, -0.15) is 0 Å². The Bertz CT molecular complexity index is 1010. The van der Waals surface area contributed by atoms with Gasteiger partial charge in [0.1, 0.15) is 5.75 Å². The molecule has 0 spiro atoms. The molecular formula is C24H27N3OS. The molecule has 1 aliphatic rings. The lowest BCUT2D eigenvalue weighted by Gasteiger charge is -2.39. The number of hydrogen-bond acceptors (Lipinski definition) is 2. The van der Waals surface area contributed by atoms with Crippen LogP contribution in [0.5, 0.6) is 5.75 Å². The summed E-state index contributed by atoms with van der Waals surface area (Å²) in [6.07, 6.45) is 2.15. The van der Waals surface area contributed by atoms with E-state index in [2.05, 4.69) is 77.3 Å². The van der Waals surface area contributed by atoms with Crippen LogP contribution in [0.15, 0.2) is 60.8 Å². The first-order valence-electron chi connectivity index (χ1n) is 10.1. The Kier molecular flexibility index (Phi) is 5.58. The topological polar surface area (TPSA) is 29.4 Å². The van der Waals surface area contributed by atoms with Crippen molar-refractivity contribution in [3.05, 3.63) is 83.2 Å². The van der Waals surface area contributed by atoms with E-state index in [1.165, 1.54) is 22.4 Å². The Labute approximate surface area is 178 Å². The highest BCUT2D eigenvalue weighted by Crippen LogP contribution is 2.34. The number of benzene rings is 2. The summed E-state index contributed by atoms with van der Waals surface area (Å²) in [5.41, 5.74) is 5.94. The SMILES string of the molecule is CCOc1ccc([C@@H]2c3cccn3CCN2C(=S)Nc2cc(C)ccc2C)cc1. The average molecular weight is 406 g/mol. The maximum absolute atomic E-state index is 5.89. The van der Waals surface area contributed by atoms with Crippen LogP contribution in [0.1, 0.15) is 35.3 Å². The summed E-state index contributed by atoms with van der Waals surface area (Å²) in [6, 6.07) is 19.2. The quantitative estimate of drug-likeness (QED) is 0.596. The number of hydrogen-bond donors (Lipinski definition) is 1. The second kappa shape index (κ2) is 8.29. The van der Waals surface area contributed by atoms with E-state index in [4.69, 9.17) is 17.0 Å². The minimum Gasteiger partial charge on any atom is -0.494 e. The molecule has 29 heavy (non-hydrogen) atoms. The number of thiocarbonyl (C=S) groups is 1. The Morgan fingerprint density at radius 2 is 1.90 bits per heavy atom. The summed E-state index contributed by atoms with van der Waals surface area (Å²) in [5.74, 6) is 0.894. The van der Waals surface area contributed by atoms with Crippen molar-refractivity contribution >= 4 is 23.0 Å². The number of rotatable bonds is 4. The summed E-state index contributed by atoms with van der Waals surface area (Å²) in [6.45, 7) is 8.66. The van der Waals surface area contributed by atoms with Crippen molar-refractivity contribution in [1.29, 1.82) is 0 Å². The van der Waals surface area contributed by atoms with Gasteiger partial charge in [0.25, 0.3) is 0 Å². The third kappa shape index (κ3) is 4.01. The highest BCUT2D eigenvalue weighted by Gasteiger charge is 2.30. The lowest BCUT2D eigenvalue weighted by Crippen LogP contribution is -2.44. The average Bonchev–Trinajstić information content (AvgIpc) is 3.20. The van der Waals surface area contributed by atoms with Gasteiger partial charge in [-0.1, -0.05) is 24.3 Å². The molecule has 3 aromatic rings. The molecule has 150 valence electrons. The van der Waals surface area contributed by atoms with Gasteiger partial charge >= 0.3 is 0 Å². The zero-order valence-electron chi connectivity index (χ0n) is 17.2. The Morgan fingerprint density at radius 3 is 2.66 bits per heavy atom. The molecule has 1 aromatic heterocycles. The maximum atomic E-state index is 5.89. The van der Waals surface area contributed by atoms with Crippen LogP contribution < -0.4 is 10.1 Å². The third-order valence-corrected chi connectivity index (χ3v) is 5.78. The lowest BCUT2D eigenvalue weighted by molar-refractivity contribution is 0.293. The number of fused-ring (bicyclic) bond motifs is 1. The molecule has 0 saturated carbocycles. The molecule has 0 radical (unpaired) electrons. The molecule has 0 unspecified atom stereocenters. The molecule has 1 atom stereocenters. The van der Waals surface area contributed by atoms with Gasteiger partial charge in [0.15, 0.2) is 5.11 Å². The molecule has 1 aliphatic heterocycles. The maximum Gasteiger partial charge on any atom is 0.174 e. The Balaban J connectivity index is 1.66. The van der Waals surface area contributed by atoms with Gasteiger partial charge in [0.2, 0.25) is 0 Å². The van der Waals surface area contributed by atoms with E-state index in [0.717, 1.165) is 29.6 Å². The van der Waals surface area contributed by atoms with Crippen LogP contribution in [0.4, 0.5) is 5.69 Å². The molecule has 5 heteroatoms. The van der Waals surface area contributed by atoms with Crippen molar-refractivity contribution in [3.8, 4) is 5.75 Å². The molecule has 4 rings (SSSR count). The smallest absolute Gasteiger partial charge is 0.174 e. The third-order valence-electron chi connectivity index (χ3n) is 5.44. The van der Waals surface area contributed by atoms with Gasteiger partial charge in [-0.3, -0.25) is 0 Å². The molecule has 0 bridgehead atoms. The normalized spacial score (nSPS) is 15.7. The van der Waals surface area contributed by atoms with Gasteiger partial charge in [0, 0.05) is 30.7 Å². The molecule has 0 saturated heterocycles. The van der Waals surface area contributed by atoms with E-state index in [1.54, 1.807) is 0 Å². The number of nitrogens with zero attached hydrogens (tertiary/aromatic N) is 2. The minimum atomic E-state index is 0.0690. The summed E-state index contributed by atoms with van der Waals surface area (Å²) in [4.78, 5) is 2.29. The number of aromatic nitrogens is 1. The monoisotopic (exact) mass is 405 g/mol. The Hall–Kier alpha value is -2.79. The van der Waals surface area contributed by atoms with E-state index >= 15 is 0 Å². The van der Waals surface area contributed by atoms with Crippen molar-refractivity contribution in [2.45, 2.75) is 33.4 Å². The second-order valence-electron chi connectivity index (χ2n) is 7.47. The van der Waals surface area contributed by atoms with E-state index in [1.807, 2.05) is 19.1 Å². The van der Waals surface area contributed by atoms with Crippen molar-refractivity contribution in [2.24, 2.45) is 0 Å². The molecule has 0 aliphatic carbocycles. The highest BCUT2D eigenvalue weighted by molar-refractivity contribution is 7.80. The van der Waals surface area contributed by atoms with Gasteiger partial charge in [-0.05, 0) is 80.0 Å². The number of anilines is 1. The fourth-order valence-corrected chi connectivity index (χ4v) is 4.23. The summed E-state index contributed by atoms with van der Waals surface area (Å²) in [7, 11) is 0. The Morgan fingerprint density at radius 1 is 1.10 bits per heavy atom. The van der Waals surface area contributed by atoms with E-state index in [0.29, 0.717) is 6.61 Å². The first-order valence-corrected chi connectivity index (χ1v) is 10.5. The molecule has 4 nitrogen and oxygen atoms in total. The van der Waals surface area contributed by atoms with Crippen molar-refractivity contribution < 1.29 is 4.74 Å². The fourth-order valence-electron chi connectivity index (χ4n) is 3.92. The zero-order valence-corrected chi connectivity index (χ0v) is 18.0. The molecule has 2 heterocycles. The van der Waals surface area contributed by atoms with Crippen LogP contribution >= 0.6 is 12.2 Å². The zero-order chi connectivity index (χ0) is 20.4. The molecule has 1 N–H and O–H groups in total. The number of aryl methyl sites for hydroxylation is 2. The van der Waals surface area contributed by atoms with E-state index in [9.17, 15) is 0 Å². The van der Waals surface area contributed by atoms with Gasteiger partial charge in [-0.25, -0.2) is 0 Å². The first kappa shape index (κ1) is 19.5. The van der Waals surface area contributed by atoms with Crippen LogP contribution in [0.2, 0.25) is 0 Å². The largest absolute Gasteiger partial charge is 0.494 e. The summed E-state index contributed by atoms with van der Waals surface area (Å²) >= 11 is 5.89. The summed E-state index contributed by atoms with van der Waals surface area (Å²) < 4.78 is 7.94. The van der Waals surface area contributed by atoms with E-state index < -0.39 is 0 Å². The fraction of sp³-hybridized carbons (Fsp3) is 0.292. The van der Waals surface area contributed by atoms with Crippen molar-refractivity contribution in [3.63, 3.8) is 0 Å². The van der Waals surface area contributed by atoms with Crippen LogP contribution in [-0.4, -0.2) is 27.7 Å². The molecule has 0 fully saturated rings. The van der Waals surface area contributed by atoms with Crippen molar-refractivity contribution in [2.75, 3.05) is 18.5 Å². The highest BCUT2D eigenvalue weighted by atomic mass is 32.1. The number of ether oxygens (including phenoxy) is 1. The van der Waals surface area contributed by atoms with Crippen LogP contribution in [0.25, 0.3) is 0 Å². The number of nitrogens with one attached hydrogen (secondary N) is 1.